The number of hydrogen-bond acceptors (Lipinski definition) is 4. The molecule has 6 heteroatoms. The van der Waals surface area contributed by atoms with Crippen LogP contribution in [0.4, 0.5) is 0 Å². The van der Waals surface area contributed by atoms with Crippen LogP contribution in [0.1, 0.15) is 25.7 Å². The van der Waals surface area contributed by atoms with Gasteiger partial charge in [0.15, 0.2) is 0 Å². The summed E-state index contributed by atoms with van der Waals surface area (Å²) in [6.45, 7) is 1.07. The molecule has 1 aliphatic rings. The van der Waals surface area contributed by atoms with Crippen LogP contribution in [0.25, 0.3) is 0 Å². The number of unbranched alkanes of at least 4 members (excludes halogenated alkanes) is 1. The van der Waals surface area contributed by atoms with E-state index in [0.717, 1.165) is 12.8 Å². The van der Waals surface area contributed by atoms with Gasteiger partial charge < -0.3 is 15.7 Å². The number of amides is 1. The van der Waals surface area contributed by atoms with Gasteiger partial charge >= 0.3 is 5.97 Å². The van der Waals surface area contributed by atoms with E-state index in [0.29, 0.717) is 31.7 Å². The van der Waals surface area contributed by atoms with Crippen LogP contribution >= 0.6 is 12.6 Å². The first-order chi connectivity index (χ1) is 8.10. The second-order valence-electron chi connectivity index (χ2n) is 4.44. The molecule has 2 atom stereocenters. The van der Waals surface area contributed by atoms with Crippen molar-refractivity contribution in [3.8, 4) is 0 Å². The Morgan fingerprint density at radius 3 is 2.76 bits per heavy atom. The Kier molecular flexibility index (Phi) is 5.77. The molecule has 1 fully saturated rings. The van der Waals surface area contributed by atoms with Gasteiger partial charge in [0.1, 0.15) is 6.04 Å². The van der Waals surface area contributed by atoms with Gasteiger partial charge in [-0.05, 0) is 37.5 Å². The summed E-state index contributed by atoms with van der Waals surface area (Å²) in [6.07, 6.45) is 2.44. The third kappa shape index (κ3) is 3.89. The van der Waals surface area contributed by atoms with E-state index in [1.165, 1.54) is 4.90 Å². The van der Waals surface area contributed by atoms with Crippen molar-refractivity contribution in [2.75, 3.05) is 18.8 Å². The van der Waals surface area contributed by atoms with Crippen LogP contribution in [-0.2, 0) is 9.59 Å². The van der Waals surface area contributed by atoms with E-state index in [9.17, 15) is 9.59 Å². The summed E-state index contributed by atoms with van der Waals surface area (Å²) in [5.41, 5.74) is 5.38. The summed E-state index contributed by atoms with van der Waals surface area (Å²) >= 11 is 4.16. The predicted octanol–water partition coefficient (Wildman–Crippen LogP) is 0.347. The average Bonchev–Trinajstić information content (AvgIpc) is 2.65. The van der Waals surface area contributed by atoms with Crippen molar-refractivity contribution in [2.45, 2.75) is 31.7 Å². The number of aliphatic carboxylic acids is 1. The fraction of sp³-hybridized carbons (Fsp3) is 0.818. The highest BCUT2D eigenvalue weighted by Crippen LogP contribution is 2.23. The molecule has 1 rings (SSSR count). The lowest BCUT2D eigenvalue weighted by atomic mass is 10.1. The number of rotatable bonds is 7. The first-order valence-corrected chi connectivity index (χ1v) is 6.56. The molecule has 0 bridgehead atoms. The average molecular weight is 260 g/mol. The van der Waals surface area contributed by atoms with Gasteiger partial charge in [0, 0.05) is 13.0 Å². The van der Waals surface area contributed by atoms with Gasteiger partial charge in [-0.3, -0.25) is 4.79 Å². The number of carboxylic acids is 1. The molecule has 0 aromatic rings. The number of thiol groups is 1. The number of nitrogens with two attached hydrogens (primary N) is 1. The Hall–Kier alpha value is -0.750. The fourth-order valence-electron chi connectivity index (χ4n) is 2.13. The van der Waals surface area contributed by atoms with Crippen molar-refractivity contribution >= 4 is 24.5 Å². The zero-order chi connectivity index (χ0) is 12.8. The van der Waals surface area contributed by atoms with Crippen molar-refractivity contribution in [2.24, 2.45) is 11.7 Å². The van der Waals surface area contributed by atoms with E-state index in [2.05, 4.69) is 12.6 Å². The van der Waals surface area contributed by atoms with Gasteiger partial charge in [-0.15, -0.1) is 0 Å². The molecule has 3 N–H and O–H groups in total. The van der Waals surface area contributed by atoms with Crippen LogP contribution in [0.3, 0.4) is 0 Å². The Balaban J connectivity index is 2.58. The van der Waals surface area contributed by atoms with Crippen LogP contribution in [0, 0.1) is 5.92 Å². The molecule has 0 aromatic carbocycles. The highest BCUT2D eigenvalue weighted by molar-refractivity contribution is 7.80. The van der Waals surface area contributed by atoms with Crippen molar-refractivity contribution in [3.05, 3.63) is 0 Å². The minimum absolute atomic E-state index is 0.0656. The molecular weight excluding hydrogens is 240 g/mol. The molecule has 1 aliphatic heterocycles. The molecule has 0 spiro atoms. The number of likely N-dealkylation sites (tertiary alicyclic amines) is 1. The van der Waals surface area contributed by atoms with Crippen LogP contribution in [-0.4, -0.2) is 46.8 Å². The maximum atomic E-state index is 11.7. The Morgan fingerprint density at radius 1 is 1.59 bits per heavy atom. The lowest BCUT2D eigenvalue weighted by Gasteiger charge is -2.24. The highest BCUT2D eigenvalue weighted by Gasteiger charge is 2.36. The van der Waals surface area contributed by atoms with Crippen LogP contribution in [0.2, 0.25) is 0 Å². The monoisotopic (exact) mass is 260 g/mol. The topological polar surface area (TPSA) is 83.6 Å². The second-order valence-corrected chi connectivity index (χ2v) is 4.80. The minimum atomic E-state index is -0.921. The SMILES string of the molecule is NCCCCC(C(=O)O)N1CC(CS)CC1=O. The number of nitrogens with zero attached hydrogens (tertiary/aromatic N) is 1. The number of carboxylic acid groups (broad SMARTS) is 1. The van der Waals surface area contributed by atoms with Crippen molar-refractivity contribution in [1.29, 1.82) is 0 Å². The summed E-state index contributed by atoms with van der Waals surface area (Å²) in [7, 11) is 0. The van der Waals surface area contributed by atoms with E-state index < -0.39 is 12.0 Å². The third-order valence-corrected chi connectivity index (χ3v) is 3.61. The largest absolute Gasteiger partial charge is 0.480 e. The Morgan fingerprint density at radius 2 is 2.29 bits per heavy atom. The third-order valence-electron chi connectivity index (χ3n) is 3.09. The first kappa shape index (κ1) is 14.3. The molecule has 5 nitrogen and oxygen atoms in total. The van der Waals surface area contributed by atoms with E-state index in [1.54, 1.807) is 0 Å². The smallest absolute Gasteiger partial charge is 0.326 e. The van der Waals surface area contributed by atoms with Crippen LogP contribution < -0.4 is 5.73 Å². The van der Waals surface area contributed by atoms with Crippen molar-refractivity contribution in [1.82, 2.24) is 4.90 Å². The molecule has 98 valence electrons. The summed E-state index contributed by atoms with van der Waals surface area (Å²) in [5.74, 6) is -0.182. The van der Waals surface area contributed by atoms with Crippen LogP contribution in [0.5, 0.6) is 0 Å². The molecule has 0 saturated carbocycles. The molecule has 0 aliphatic carbocycles. The number of carbonyl (C=O) groups is 2. The molecule has 0 radical (unpaired) electrons. The summed E-state index contributed by atoms with van der Waals surface area (Å²) in [4.78, 5) is 24.4. The predicted molar refractivity (Wildman–Crippen MR) is 68.0 cm³/mol. The van der Waals surface area contributed by atoms with Gasteiger partial charge in [-0.1, -0.05) is 0 Å². The van der Waals surface area contributed by atoms with E-state index in [1.807, 2.05) is 0 Å². The van der Waals surface area contributed by atoms with Crippen molar-refractivity contribution in [3.63, 3.8) is 0 Å². The maximum absolute atomic E-state index is 11.7. The number of hydrogen-bond donors (Lipinski definition) is 3. The van der Waals surface area contributed by atoms with Gasteiger partial charge in [0.25, 0.3) is 0 Å². The van der Waals surface area contributed by atoms with Gasteiger partial charge in [-0.25, -0.2) is 4.79 Å². The van der Waals surface area contributed by atoms with Gasteiger partial charge in [0.05, 0.1) is 0 Å². The molecule has 17 heavy (non-hydrogen) atoms. The molecule has 0 aromatic heterocycles. The summed E-state index contributed by atoms with van der Waals surface area (Å²) in [6, 6.07) is -0.695. The Bertz CT molecular complexity index is 286. The molecular formula is C11H20N2O3S. The van der Waals surface area contributed by atoms with E-state index in [4.69, 9.17) is 10.8 Å². The summed E-state index contributed by atoms with van der Waals surface area (Å²) < 4.78 is 0. The van der Waals surface area contributed by atoms with Gasteiger partial charge in [-0.2, -0.15) is 12.6 Å². The van der Waals surface area contributed by atoms with Crippen LogP contribution in [0.15, 0.2) is 0 Å². The normalized spacial score (nSPS) is 21.9. The molecule has 1 amide bonds. The summed E-state index contributed by atoms with van der Waals surface area (Å²) in [5, 5.41) is 9.17. The zero-order valence-corrected chi connectivity index (χ0v) is 10.7. The standard InChI is InChI=1S/C11H20N2O3S/c12-4-2-1-3-9(11(15)16)13-6-8(7-17)5-10(13)14/h8-9,17H,1-7,12H2,(H,15,16). The number of carbonyl (C=O) groups excluding carboxylic acids is 1. The molecule has 2 unspecified atom stereocenters. The fourth-order valence-corrected chi connectivity index (χ4v) is 2.37. The second kappa shape index (κ2) is 6.86. The zero-order valence-electron chi connectivity index (χ0n) is 9.84. The van der Waals surface area contributed by atoms with Gasteiger partial charge in [0.2, 0.25) is 5.91 Å². The maximum Gasteiger partial charge on any atom is 0.326 e. The quantitative estimate of drug-likeness (QED) is 0.455. The molecule has 1 saturated heterocycles. The van der Waals surface area contributed by atoms with E-state index in [-0.39, 0.29) is 11.8 Å². The van der Waals surface area contributed by atoms with Crippen molar-refractivity contribution < 1.29 is 14.7 Å². The highest BCUT2D eigenvalue weighted by atomic mass is 32.1. The minimum Gasteiger partial charge on any atom is -0.480 e. The lowest BCUT2D eigenvalue weighted by molar-refractivity contribution is -0.148. The van der Waals surface area contributed by atoms with E-state index >= 15 is 0 Å². The lowest BCUT2D eigenvalue weighted by Crippen LogP contribution is -2.42. The molecule has 1 heterocycles. The first-order valence-electron chi connectivity index (χ1n) is 5.93. The Labute approximate surface area is 107 Å².